The van der Waals surface area contributed by atoms with E-state index in [0.29, 0.717) is 6.42 Å². The standard InChI is InChI=1S/C27H28ClN5OS/c1-16-30-22-11-10-20-24(18-6-5-13-29-15-18)32-33(25(20)26(22)35-16)23-12-9-17(14-21(23)28)27(34)31-19-7-3-2-4-8-19/h5-6,9,12-13,15,19,21H,2-4,7-8,10-11,14H2,1H3,(H,31,34). The van der Waals surface area contributed by atoms with Crippen LogP contribution in [0.25, 0.3) is 27.5 Å². The first-order chi connectivity index (χ1) is 17.1. The first-order valence-electron chi connectivity index (χ1n) is 12.4. The highest BCUT2D eigenvalue weighted by molar-refractivity contribution is 7.15. The predicted octanol–water partition coefficient (Wildman–Crippen LogP) is 5.70. The van der Waals surface area contributed by atoms with Crippen LogP contribution in [0, 0.1) is 6.92 Å². The van der Waals surface area contributed by atoms with Crippen molar-refractivity contribution in [1.29, 1.82) is 0 Å². The molecule has 3 heterocycles. The maximum atomic E-state index is 12.9. The second-order valence-corrected chi connectivity index (χ2v) is 11.3. The molecule has 0 saturated heterocycles. The molecule has 1 fully saturated rings. The van der Waals surface area contributed by atoms with E-state index in [1.165, 1.54) is 29.7 Å². The number of aromatic nitrogens is 4. The van der Waals surface area contributed by atoms with Gasteiger partial charge in [-0.05, 0) is 57.2 Å². The quantitative estimate of drug-likeness (QED) is 0.461. The van der Waals surface area contributed by atoms with Crippen LogP contribution in [0.15, 0.2) is 42.3 Å². The number of thiazole rings is 1. The molecule has 3 aromatic rings. The van der Waals surface area contributed by atoms with Gasteiger partial charge in [0.05, 0.1) is 38.0 Å². The van der Waals surface area contributed by atoms with Crippen molar-refractivity contribution >= 4 is 34.5 Å². The zero-order chi connectivity index (χ0) is 23.9. The van der Waals surface area contributed by atoms with Gasteiger partial charge < -0.3 is 5.32 Å². The molecule has 1 atom stereocenters. The van der Waals surface area contributed by atoms with Crippen LogP contribution in [-0.2, 0) is 17.6 Å². The van der Waals surface area contributed by atoms with Gasteiger partial charge in [-0.15, -0.1) is 22.9 Å². The lowest BCUT2D eigenvalue weighted by atomic mass is 9.94. The molecular formula is C27H28ClN5OS. The number of nitrogens with zero attached hydrogens (tertiary/aromatic N) is 4. The molecule has 0 radical (unpaired) electrons. The summed E-state index contributed by atoms with van der Waals surface area (Å²) in [4.78, 5) is 23.2. The second-order valence-electron chi connectivity index (χ2n) is 9.60. The number of fused-ring (bicyclic) bond motifs is 3. The van der Waals surface area contributed by atoms with E-state index in [9.17, 15) is 4.79 Å². The third-order valence-corrected chi connectivity index (χ3v) is 8.60. The maximum Gasteiger partial charge on any atom is 0.247 e. The number of carbonyl (C=O) groups excluding carboxylic acids is 1. The number of alkyl halides is 1. The van der Waals surface area contributed by atoms with Gasteiger partial charge in [-0.2, -0.15) is 5.10 Å². The first kappa shape index (κ1) is 22.7. The molecule has 6 nitrogen and oxygen atoms in total. The molecule has 1 N–H and O–H groups in total. The average Bonchev–Trinajstić information content (AvgIpc) is 3.45. The summed E-state index contributed by atoms with van der Waals surface area (Å²) in [5.74, 6) is 0.0109. The van der Waals surface area contributed by atoms with E-state index >= 15 is 0 Å². The van der Waals surface area contributed by atoms with Crippen LogP contribution in [0.3, 0.4) is 0 Å². The van der Waals surface area contributed by atoms with Crippen molar-refractivity contribution in [1.82, 2.24) is 25.1 Å². The second kappa shape index (κ2) is 9.36. The summed E-state index contributed by atoms with van der Waals surface area (Å²) in [6.45, 7) is 2.05. The van der Waals surface area contributed by atoms with E-state index in [-0.39, 0.29) is 17.3 Å². The highest BCUT2D eigenvalue weighted by atomic mass is 35.5. The van der Waals surface area contributed by atoms with Gasteiger partial charge in [0.25, 0.3) is 0 Å². The normalized spacial score (nSPS) is 20.0. The minimum absolute atomic E-state index is 0.0109. The number of allylic oxidation sites excluding steroid dienone is 3. The molecule has 0 aromatic carbocycles. The van der Waals surface area contributed by atoms with E-state index < -0.39 is 0 Å². The van der Waals surface area contributed by atoms with Crippen molar-refractivity contribution in [2.45, 2.75) is 69.7 Å². The number of hydrogen-bond acceptors (Lipinski definition) is 5. The largest absolute Gasteiger partial charge is 0.350 e. The van der Waals surface area contributed by atoms with Crippen molar-refractivity contribution in [3.63, 3.8) is 0 Å². The Bertz CT molecular complexity index is 1330. The van der Waals surface area contributed by atoms with Crippen molar-refractivity contribution in [2.75, 3.05) is 0 Å². The fraction of sp³-hybridized carbons (Fsp3) is 0.407. The van der Waals surface area contributed by atoms with Crippen LogP contribution in [0.5, 0.6) is 0 Å². The minimum atomic E-state index is -0.350. The molecule has 0 aliphatic heterocycles. The molecule has 3 aliphatic carbocycles. The highest BCUT2D eigenvalue weighted by Gasteiger charge is 2.32. The fourth-order valence-corrected chi connectivity index (χ4v) is 6.82. The van der Waals surface area contributed by atoms with Gasteiger partial charge in [-0.25, -0.2) is 9.67 Å². The number of rotatable bonds is 4. The predicted molar refractivity (Wildman–Crippen MR) is 140 cm³/mol. The molecule has 1 amide bonds. The lowest BCUT2D eigenvalue weighted by molar-refractivity contribution is -0.118. The summed E-state index contributed by atoms with van der Waals surface area (Å²) in [5.41, 5.74) is 7.00. The number of aryl methyl sites for hydroxylation is 2. The van der Waals surface area contributed by atoms with Crippen LogP contribution < -0.4 is 5.32 Å². The number of nitrogens with one attached hydrogen (secondary N) is 1. The van der Waals surface area contributed by atoms with Crippen LogP contribution >= 0.6 is 22.9 Å². The van der Waals surface area contributed by atoms with Crippen molar-refractivity contribution in [3.05, 3.63) is 58.5 Å². The molecule has 1 saturated carbocycles. The van der Waals surface area contributed by atoms with Crippen LogP contribution in [-0.4, -0.2) is 37.1 Å². The Morgan fingerprint density at radius 1 is 1.20 bits per heavy atom. The number of pyridine rings is 1. The molecule has 180 valence electrons. The van der Waals surface area contributed by atoms with Gasteiger partial charge in [0, 0.05) is 35.1 Å². The smallest absolute Gasteiger partial charge is 0.247 e. The highest BCUT2D eigenvalue weighted by Crippen LogP contribution is 2.44. The molecule has 1 unspecified atom stereocenters. The van der Waals surface area contributed by atoms with E-state index in [1.807, 2.05) is 29.1 Å². The van der Waals surface area contributed by atoms with E-state index in [1.54, 1.807) is 17.5 Å². The Morgan fingerprint density at radius 3 is 2.83 bits per heavy atom. The van der Waals surface area contributed by atoms with Crippen LogP contribution in [0.2, 0.25) is 0 Å². The number of halogens is 1. The van der Waals surface area contributed by atoms with Gasteiger partial charge in [0.1, 0.15) is 0 Å². The summed E-state index contributed by atoms with van der Waals surface area (Å²) in [7, 11) is 0. The molecule has 35 heavy (non-hydrogen) atoms. The Hall–Kier alpha value is -2.77. The Balaban J connectivity index is 1.39. The Morgan fingerprint density at radius 2 is 2.06 bits per heavy atom. The summed E-state index contributed by atoms with van der Waals surface area (Å²) in [6.07, 6.45) is 15.6. The molecule has 3 aliphatic rings. The fourth-order valence-electron chi connectivity index (χ4n) is 5.46. The van der Waals surface area contributed by atoms with Gasteiger partial charge in [0.15, 0.2) is 0 Å². The third kappa shape index (κ3) is 4.25. The number of hydrogen-bond donors (Lipinski definition) is 1. The van der Waals surface area contributed by atoms with Crippen molar-refractivity contribution in [2.24, 2.45) is 0 Å². The van der Waals surface area contributed by atoms with Crippen LogP contribution in [0.1, 0.15) is 54.8 Å². The summed E-state index contributed by atoms with van der Waals surface area (Å²) >= 11 is 8.66. The molecule has 3 aromatic heterocycles. The first-order valence-corrected chi connectivity index (χ1v) is 13.7. The van der Waals surface area contributed by atoms with Gasteiger partial charge in [-0.1, -0.05) is 25.3 Å². The maximum absolute atomic E-state index is 12.9. The van der Waals surface area contributed by atoms with E-state index in [4.69, 9.17) is 21.7 Å². The molecular weight excluding hydrogens is 478 g/mol. The monoisotopic (exact) mass is 505 g/mol. The zero-order valence-corrected chi connectivity index (χ0v) is 21.3. The van der Waals surface area contributed by atoms with Crippen molar-refractivity contribution in [3.8, 4) is 21.8 Å². The lowest BCUT2D eigenvalue weighted by Crippen LogP contribution is -2.37. The van der Waals surface area contributed by atoms with E-state index in [2.05, 4.69) is 23.3 Å². The third-order valence-electron chi connectivity index (χ3n) is 7.20. The van der Waals surface area contributed by atoms with Gasteiger partial charge in [0.2, 0.25) is 5.91 Å². The number of amides is 1. The van der Waals surface area contributed by atoms with Gasteiger partial charge in [-0.3, -0.25) is 9.78 Å². The Kier molecular flexibility index (Phi) is 6.06. The average molecular weight is 506 g/mol. The lowest BCUT2D eigenvalue weighted by Gasteiger charge is -2.25. The molecule has 6 rings (SSSR count). The van der Waals surface area contributed by atoms with Crippen molar-refractivity contribution < 1.29 is 4.79 Å². The molecule has 8 heteroatoms. The Labute approximate surface area is 214 Å². The van der Waals surface area contributed by atoms with E-state index in [0.717, 1.165) is 64.6 Å². The molecule has 0 bridgehead atoms. The molecule has 0 spiro atoms. The minimum Gasteiger partial charge on any atom is -0.350 e. The topological polar surface area (TPSA) is 72.7 Å². The zero-order valence-electron chi connectivity index (χ0n) is 19.8. The summed E-state index contributed by atoms with van der Waals surface area (Å²) in [5, 5.41) is 9.01. The summed E-state index contributed by atoms with van der Waals surface area (Å²) in [6, 6.07) is 4.27. The van der Waals surface area contributed by atoms with Gasteiger partial charge >= 0.3 is 0 Å². The number of carbonyl (C=O) groups is 1. The summed E-state index contributed by atoms with van der Waals surface area (Å²) < 4.78 is 2.00. The SMILES string of the molecule is Cc1nc2c(s1)-c1c(c(-c3cccnc3)nn1C1=CC=C(C(=O)NC3CCCCC3)CC1Cl)CC2. The van der Waals surface area contributed by atoms with Crippen LogP contribution in [0.4, 0.5) is 0 Å².